The number of benzene rings is 2. The lowest BCUT2D eigenvalue weighted by Gasteiger charge is -2.15. The second-order valence-electron chi connectivity index (χ2n) is 5.93. The van der Waals surface area contributed by atoms with Crippen molar-refractivity contribution in [2.75, 3.05) is 7.05 Å². The van der Waals surface area contributed by atoms with Gasteiger partial charge < -0.3 is 5.32 Å². The van der Waals surface area contributed by atoms with Gasteiger partial charge in [-0.25, -0.2) is 0 Å². The average Bonchev–Trinajstić information content (AvgIpc) is 3.06. The summed E-state index contributed by atoms with van der Waals surface area (Å²) < 4.78 is 0. The summed E-state index contributed by atoms with van der Waals surface area (Å²) in [6.45, 7) is 0. The standard InChI is InChI=1S/C17H19N.ClH/c1-18-16-9-10-17(11-15(16)17)14-8-4-6-12-5-2-3-7-13(12)14;/h2-8,15-16,18H,9-11H2,1H3;1H. The van der Waals surface area contributed by atoms with Crippen molar-refractivity contribution < 1.29 is 0 Å². The highest BCUT2D eigenvalue weighted by Gasteiger charge is 2.62. The third-order valence-electron chi connectivity index (χ3n) is 5.22. The second kappa shape index (κ2) is 4.50. The van der Waals surface area contributed by atoms with Gasteiger partial charge >= 0.3 is 0 Å². The minimum Gasteiger partial charge on any atom is -0.317 e. The number of halogens is 1. The predicted molar refractivity (Wildman–Crippen MR) is 83.1 cm³/mol. The highest BCUT2D eigenvalue weighted by molar-refractivity contribution is 5.87. The molecule has 4 rings (SSSR count). The van der Waals surface area contributed by atoms with Crippen molar-refractivity contribution in [2.45, 2.75) is 30.7 Å². The summed E-state index contributed by atoms with van der Waals surface area (Å²) in [6, 6.07) is 16.4. The number of nitrogens with one attached hydrogen (secondary N) is 1. The van der Waals surface area contributed by atoms with Crippen molar-refractivity contribution in [3.05, 3.63) is 48.0 Å². The third kappa shape index (κ3) is 1.72. The molecule has 0 radical (unpaired) electrons. The number of fused-ring (bicyclic) bond motifs is 2. The van der Waals surface area contributed by atoms with Gasteiger partial charge in [-0.2, -0.15) is 0 Å². The van der Waals surface area contributed by atoms with Crippen molar-refractivity contribution in [2.24, 2.45) is 5.92 Å². The summed E-state index contributed by atoms with van der Waals surface area (Å²) in [4.78, 5) is 0. The molecular formula is C17H20ClN. The molecule has 19 heavy (non-hydrogen) atoms. The van der Waals surface area contributed by atoms with E-state index < -0.39 is 0 Å². The van der Waals surface area contributed by atoms with Crippen molar-refractivity contribution in [1.82, 2.24) is 5.32 Å². The quantitative estimate of drug-likeness (QED) is 0.875. The SMILES string of the molecule is CNC1CCC2(c3cccc4ccccc34)CC12.Cl. The lowest BCUT2D eigenvalue weighted by Crippen LogP contribution is -2.24. The van der Waals surface area contributed by atoms with E-state index in [1.54, 1.807) is 5.56 Å². The van der Waals surface area contributed by atoms with Crippen molar-refractivity contribution in [3.63, 3.8) is 0 Å². The van der Waals surface area contributed by atoms with Crippen LogP contribution in [0.2, 0.25) is 0 Å². The zero-order chi connectivity index (χ0) is 12.2. The Morgan fingerprint density at radius 1 is 1.11 bits per heavy atom. The molecule has 2 aliphatic carbocycles. The Hall–Kier alpha value is -1.05. The molecule has 2 aromatic carbocycles. The van der Waals surface area contributed by atoms with E-state index in [0.29, 0.717) is 5.41 Å². The molecule has 0 aromatic heterocycles. The van der Waals surface area contributed by atoms with Crippen LogP contribution in [-0.4, -0.2) is 13.1 Å². The molecule has 3 atom stereocenters. The average molecular weight is 274 g/mol. The third-order valence-corrected chi connectivity index (χ3v) is 5.22. The maximum Gasteiger partial charge on any atom is 0.0101 e. The first-order valence-corrected chi connectivity index (χ1v) is 7.01. The van der Waals surface area contributed by atoms with E-state index in [4.69, 9.17) is 0 Å². The fraction of sp³-hybridized carbons (Fsp3) is 0.412. The van der Waals surface area contributed by atoms with Gasteiger partial charge in [0, 0.05) is 11.5 Å². The number of hydrogen-bond donors (Lipinski definition) is 1. The molecule has 2 fully saturated rings. The highest BCUT2D eigenvalue weighted by atomic mass is 35.5. The molecule has 0 aliphatic heterocycles. The van der Waals surface area contributed by atoms with E-state index in [1.807, 2.05) is 0 Å². The zero-order valence-corrected chi connectivity index (χ0v) is 12.0. The van der Waals surface area contributed by atoms with Gasteiger partial charge in [0.05, 0.1) is 0 Å². The minimum atomic E-state index is 0. The molecule has 2 heteroatoms. The lowest BCUT2D eigenvalue weighted by molar-refractivity contribution is 0.519. The largest absolute Gasteiger partial charge is 0.317 e. The van der Waals surface area contributed by atoms with Gasteiger partial charge in [-0.05, 0) is 48.6 Å². The van der Waals surface area contributed by atoms with Crippen LogP contribution >= 0.6 is 12.4 Å². The lowest BCUT2D eigenvalue weighted by atomic mass is 9.89. The van der Waals surface area contributed by atoms with Gasteiger partial charge in [-0.3, -0.25) is 0 Å². The van der Waals surface area contributed by atoms with Crippen molar-refractivity contribution in [3.8, 4) is 0 Å². The molecule has 3 unspecified atom stereocenters. The van der Waals surface area contributed by atoms with Crippen LogP contribution in [0, 0.1) is 5.92 Å². The van der Waals surface area contributed by atoms with Crippen LogP contribution in [0.15, 0.2) is 42.5 Å². The monoisotopic (exact) mass is 273 g/mol. The molecule has 1 nitrogen and oxygen atoms in total. The van der Waals surface area contributed by atoms with Gasteiger partial charge in [0.1, 0.15) is 0 Å². The van der Waals surface area contributed by atoms with E-state index in [2.05, 4.69) is 54.8 Å². The number of hydrogen-bond acceptors (Lipinski definition) is 1. The van der Waals surface area contributed by atoms with E-state index in [1.165, 1.54) is 30.0 Å². The Balaban J connectivity index is 0.00000110. The van der Waals surface area contributed by atoms with Crippen LogP contribution in [-0.2, 0) is 5.41 Å². The first-order valence-electron chi connectivity index (χ1n) is 7.01. The molecule has 0 spiro atoms. The molecule has 0 amide bonds. The molecule has 2 aromatic rings. The Morgan fingerprint density at radius 2 is 1.89 bits per heavy atom. The summed E-state index contributed by atoms with van der Waals surface area (Å²) >= 11 is 0. The van der Waals surface area contributed by atoms with E-state index in [-0.39, 0.29) is 12.4 Å². The molecule has 2 saturated carbocycles. The van der Waals surface area contributed by atoms with Crippen LogP contribution in [0.5, 0.6) is 0 Å². The topological polar surface area (TPSA) is 12.0 Å². The molecule has 100 valence electrons. The minimum absolute atomic E-state index is 0. The molecular weight excluding hydrogens is 254 g/mol. The molecule has 2 aliphatic rings. The van der Waals surface area contributed by atoms with Gasteiger partial charge in [0.15, 0.2) is 0 Å². The Bertz CT molecular complexity index is 604. The van der Waals surface area contributed by atoms with Crippen molar-refractivity contribution in [1.29, 1.82) is 0 Å². The normalized spacial score (nSPS) is 31.8. The number of rotatable bonds is 2. The molecule has 0 bridgehead atoms. The zero-order valence-electron chi connectivity index (χ0n) is 11.2. The summed E-state index contributed by atoms with van der Waals surface area (Å²) in [7, 11) is 2.11. The summed E-state index contributed by atoms with van der Waals surface area (Å²) in [5.41, 5.74) is 2.09. The van der Waals surface area contributed by atoms with Crippen LogP contribution in [0.25, 0.3) is 10.8 Å². The van der Waals surface area contributed by atoms with Gasteiger partial charge in [-0.1, -0.05) is 42.5 Å². The maximum atomic E-state index is 3.50. The van der Waals surface area contributed by atoms with Crippen LogP contribution < -0.4 is 5.32 Å². The molecule has 0 saturated heterocycles. The molecule has 0 heterocycles. The fourth-order valence-electron chi connectivity index (χ4n) is 4.21. The van der Waals surface area contributed by atoms with Crippen LogP contribution in [0.4, 0.5) is 0 Å². The maximum absolute atomic E-state index is 3.50. The van der Waals surface area contributed by atoms with Crippen LogP contribution in [0.1, 0.15) is 24.8 Å². The predicted octanol–water partition coefficient (Wildman–Crippen LogP) is 3.90. The summed E-state index contributed by atoms with van der Waals surface area (Å²) in [5.74, 6) is 0.869. The fourth-order valence-corrected chi connectivity index (χ4v) is 4.21. The first-order chi connectivity index (χ1) is 8.85. The Labute approximate surface area is 120 Å². The summed E-state index contributed by atoms with van der Waals surface area (Å²) in [6.07, 6.45) is 4.08. The van der Waals surface area contributed by atoms with Gasteiger partial charge in [0.2, 0.25) is 0 Å². The molecule has 1 N–H and O–H groups in total. The van der Waals surface area contributed by atoms with Gasteiger partial charge in [0.25, 0.3) is 0 Å². The van der Waals surface area contributed by atoms with E-state index >= 15 is 0 Å². The smallest absolute Gasteiger partial charge is 0.0101 e. The Kier molecular flexibility index (Phi) is 3.07. The second-order valence-corrected chi connectivity index (χ2v) is 5.93. The van der Waals surface area contributed by atoms with Gasteiger partial charge in [-0.15, -0.1) is 12.4 Å². The Morgan fingerprint density at radius 3 is 2.63 bits per heavy atom. The summed E-state index contributed by atoms with van der Waals surface area (Å²) in [5, 5.41) is 6.36. The highest BCUT2D eigenvalue weighted by Crippen LogP contribution is 2.65. The van der Waals surface area contributed by atoms with Crippen LogP contribution in [0.3, 0.4) is 0 Å². The first kappa shape index (κ1) is 13.0. The van der Waals surface area contributed by atoms with E-state index in [0.717, 1.165) is 12.0 Å². The van der Waals surface area contributed by atoms with Crippen molar-refractivity contribution >= 4 is 23.2 Å². The van der Waals surface area contributed by atoms with E-state index in [9.17, 15) is 0 Å².